The van der Waals surface area contributed by atoms with Crippen LogP contribution in [0.1, 0.15) is 11.1 Å². The summed E-state index contributed by atoms with van der Waals surface area (Å²) in [5, 5.41) is 9.19. The molecule has 2 heteroatoms. The van der Waals surface area contributed by atoms with E-state index in [0.717, 1.165) is 23.3 Å². The van der Waals surface area contributed by atoms with Gasteiger partial charge in [-0.1, -0.05) is 24.3 Å². The van der Waals surface area contributed by atoms with Crippen molar-refractivity contribution in [2.24, 2.45) is 0 Å². The Morgan fingerprint density at radius 2 is 1.94 bits per heavy atom. The molecule has 2 aromatic rings. The Kier molecular flexibility index (Phi) is 3.10. The largest absolute Gasteiger partial charge is 0.508 e. The standard InChI is InChI=1S/C14H13O2/c1-16-14-5-3-2-4-12(14)10-11-6-8-13(15)9-7-11/h2,4-9,15H,10H2,1H3. The van der Waals surface area contributed by atoms with Gasteiger partial charge in [0.2, 0.25) is 0 Å². The van der Waals surface area contributed by atoms with E-state index in [1.165, 1.54) is 0 Å². The summed E-state index contributed by atoms with van der Waals surface area (Å²) in [5.74, 6) is 1.13. The number of phenols is 1. The van der Waals surface area contributed by atoms with Gasteiger partial charge in [0.1, 0.15) is 11.5 Å². The molecule has 0 spiro atoms. The van der Waals surface area contributed by atoms with Gasteiger partial charge in [0.25, 0.3) is 0 Å². The van der Waals surface area contributed by atoms with Crippen molar-refractivity contribution < 1.29 is 9.84 Å². The van der Waals surface area contributed by atoms with Crippen LogP contribution >= 0.6 is 0 Å². The smallest absolute Gasteiger partial charge is 0.123 e. The van der Waals surface area contributed by atoms with Crippen molar-refractivity contribution in [1.29, 1.82) is 0 Å². The number of benzene rings is 2. The first-order valence-corrected chi connectivity index (χ1v) is 5.10. The van der Waals surface area contributed by atoms with Crippen LogP contribution < -0.4 is 4.74 Å². The van der Waals surface area contributed by atoms with Crippen LogP contribution in [-0.4, -0.2) is 12.2 Å². The van der Waals surface area contributed by atoms with E-state index in [-0.39, 0.29) is 5.75 Å². The van der Waals surface area contributed by atoms with Crippen molar-refractivity contribution in [2.75, 3.05) is 7.11 Å². The molecular weight excluding hydrogens is 200 g/mol. The molecule has 1 radical (unpaired) electrons. The second kappa shape index (κ2) is 4.71. The van der Waals surface area contributed by atoms with Crippen LogP contribution in [0.4, 0.5) is 0 Å². The van der Waals surface area contributed by atoms with E-state index in [9.17, 15) is 5.11 Å². The lowest BCUT2D eigenvalue weighted by atomic mass is 10.0. The Bertz CT molecular complexity index is 460. The molecule has 81 valence electrons. The Hall–Kier alpha value is -1.96. The van der Waals surface area contributed by atoms with Crippen molar-refractivity contribution in [2.45, 2.75) is 6.42 Å². The summed E-state index contributed by atoms with van der Waals surface area (Å²) in [4.78, 5) is 0. The summed E-state index contributed by atoms with van der Waals surface area (Å²) in [6.07, 6.45) is 0.790. The molecule has 0 saturated carbocycles. The van der Waals surface area contributed by atoms with Gasteiger partial charge < -0.3 is 9.84 Å². The fourth-order valence-corrected chi connectivity index (χ4v) is 1.62. The lowest BCUT2D eigenvalue weighted by molar-refractivity contribution is 0.410. The molecule has 0 atom stereocenters. The molecular formula is C14H13O2. The molecule has 2 nitrogen and oxygen atoms in total. The van der Waals surface area contributed by atoms with E-state index in [1.807, 2.05) is 30.3 Å². The van der Waals surface area contributed by atoms with Crippen molar-refractivity contribution in [3.05, 3.63) is 59.7 Å². The van der Waals surface area contributed by atoms with Gasteiger partial charge in [-0.05, 0) is 35.4 Å². The van der Waals surface area contributed by atoms with Gasteiger partial charge in [-0.15, -0.1) is 0 Å². The molecule has 0 heterocycles. The number of methoxy groups -OCH3 is 1. The first kappa shape index (κ1) is 10.6. The SMILES string of the molecule is COc1c[c]ccc1Cc1ccc(O)cc1. The predicted molar refractivity (Wildman–Crippen MR) is 62.7 cm³/mol. The zero-order valence-corrected chi connectivity index (χ0v) is 9.10. The van der Waals surface area contributed by atoms with Gasteiger partial charge in [0, 0.05) is 6.42 Å². The average molecular weight is 213 g/mol. The third-order valence-electron chi connectivity index (χ3n) is 2.46. The quantitative estimate of drug-likeness (QED) is 0.849. The highest BCUT2D eigenvalue weighted by Gasteiger charge is 2.02. The summed E-state index contributed by atoms with van der Waals surface area (Å²) < 4.78 is 5.26. The van der Waals surface area contributed by atoms with Crippen LogP contribution in [0.3, 0.4) is 0 Å². The number of phenolic OH excluding ortho intramolecular Hbond substituents is 1. The van der Waals surface area contributed by atoms with E-state index >= 15 is 0 Å². The molecule has 0 aliphatic carbocycles. The zero-order valence-electron chi connectivity index (χ0n) is 9.10. The summed E-state index contributed by atoms with van der Waals surface area (Å²) >= 11 is 0. The van der Waals surface area contributed by atoms with Gasteiger partial charge in [-0.2, -0.15) is 0 Å². The zero-order chi connectivity index (χ0) is 11.4. The van der Waals surface area contributed by atoms with Crippen molar-refractivity contribution >= 4 is 0 Å². The topological polar surface area (TPSA) is 29.5 Å². The minimum Gasteiger partial charge on any atom is -0.508 e. The van der Waals surface area contributed by atoms with E-state index in [2.05, 4.69) is 6.07 Å². The van der Waals surface area contributed by atoms with E-state index in [1.54, 1.807) is 19.2 Å². The summed E-state index contributed by atoms with van der Waals surface area (Å²) in [6.45, 7) is 0. The van der Waals surface area contributed by atoms with Crippen LogP contribution in [0.25, 0.3) is 0 Å². The number of aromatic hydroxyl groups is 1. The third-order valence-corrected chi connectivity index (χ3v) is 2.46. The fraction of sp³-hybridized carbons (Fsp3) is 0.143. The summed E-state index contributed by atoms with van der Waals surface area (Å²) in [6, 6.07) is 15.9. The van der Waals surface area contributed by atoms with Gasteiger partial charge in [0.15, 0.2) is 0 Å². The maximum Gasteiger partial charge on any atom is 0.123 e. The predicted octanol–water partition coefficient (Wildman–Crippen LogP) is 2.79. The molecule has 0 saturated heterocycles. The number of hydrogen-bond donors (Lipinski definition) is 1. The Balaban J connectivity index is 2.23. The first-order valence-electron chi connectivity index (χ1n) is 5.10. The summed E-state index contributed by atoms with van der Waals surface area (Å²) in [7, 11) is 1.66. The lowest BCUT2D eigenvalue weighted by Crippen LogP contribution is -1.93. The Morgan fingerprint density at radius 1 is 1.19 bits per heavy atom. The molecule has 2 rings (SSSR count). The monoisotopic (exact) mass is 213 g/mol. The summed E-state index contributed by atoms with van der Waals surface area (Å²) in [5.41, 5.74) is 2.26. The average Bonchev–Trinajstić information content (AvgIpc) is 2.33. The van der Waals surface area contributed by atoms with Crippen molar-refractivity contribution in [3.8, 4) is 11.5 Å². The molecule has 0 amide bonds. The highest BCUT2D eigenvalue weighted by atomic mass is 16.5. The molecule has 0 unspecified atom stereocenters. The number of rotatable bonds is 3. The lowest BCUT2D eigenvalue weighted by Gasteiger charge is -2.07. The molecule has 0 aliphatic rings. The van der Waals surface area contributed by atoms with Gasteiger partial charge in [-0.25, -0.2) is 0 Å². The van der Waals surface area contributed by atoms with Crippen LogP contribution in [0.2, 0.25) is 0 Å². The second-order valence-corrected chi connectivity index (χ2v) is 3.58. The van der Waals surface area contributed by atoms with Crippen molar-refractivity contribution in [1.82, 2.24) is 0 Å². The van der Waals surface area contributed by atoms with Crippen LogP contribution in [-0.2, 0) is 6.42 Å². The normalized spacial score (nSPS) is 10.1. The fourth-order valence-electron chi connectivity index (χ4n) is 1.62. The van der Waals surface area contributed by atoms with Crippen LogP contribution in [0.5, 0.6) is 11.5 Å². The first-order chi connectivity index (χ1) is 7.79. The second-order valence-electron chi connectivity index (χ2n) is 3.58. The van der Waals surface area contributed by atoms with Crippen LogP contribution in [0.15, 0.2) is 42.5 Å². The van der Waals surface area contributed by atoms with Gasteiger partial charge in [-0.3, -0.25) is 0 Å². The van der Waals surface area contributed by atoms with Crippen LogP contribution in [0, 0.1) is 6.07 Å². The molecule has 0 fully saturated rings. The van der Waals surface area contributed by atoms with E-state index in [4.69, 9.17) is 4.74 Å². The molecule has 0 aliphatic heterocycles. The highest BCUT2D eigenvalue weighted by Crippen LogP contribution is 2.21. The minimum atomic E-state index is 0.289. The molecule has 1 N–H and O–H groups in total. The number of hydrogen-bond acceptors (Lipinski definition) is 2. The van der Waals surface area contributed by atoms with Gasteiger partial charge >= 0.3 is 0 Å². The maximum absolute atomic E-state index is 9.19. The minimum absolute atomic E-state index is 0.289. The molecule has 16 heavy (non-hydrogen) atoms. The molecule has 0 bridgehead atoms. The Morgan fingerprint density at radius 3 is 2.62 bits per heavy atom. The number of ether oxygens (including phenoxy) is 1. The van der Waals surface area contributed by atoms with Gasteiger partial charge in [0.05, 0.1) is 7.11 Å². The Labute approximate surface area is 95.1 Å². The highest BCUT2D eigenvalue weighted by molar-refractivity contribution is 5.38. The third kappa shape index (κ3) is 2.34. The molecule has 2 aromatic carbocycles. The van der Waals surface area contributed by atoms with Crippen molar-refractivity contribution in [3.63, 3.8) is 0 Å². The van der Waals surface area contributed by atoms with E-state index in [0.29, 0.717) is 0 Å². The van der Waals surface area contributed by atoms with E-state index < -0.39 is 0 Å². The maximum atomic E-state index is 9.19. The molecule has 0 aromatic heterocycles.